The van der Waals surface area contributed by atoms with Gasteiger partial charge in [-0.25, -0.2) is 19.2 Å². The molecule has 0 fully saturated rings. The fourth-order valence-corrected chi connectivity index (χ4v) is 3.90. The molecule has 0 saturated carbocycles. The maximum Gasteiger partial charge on any atom is 0.240 e. The zero-order valence-corrected chi connectivity index (χ0v) is 22.7. The Labute approximate surface area is 241 Å². The molecular weight excluding hydrogens is 536 g/mol. The van der Waals surface area contributed by atoms with E-state index < -0.39 is 0 Å². The van der Waals surface area contributed by atoms with E-state index in [4.69, 9.17) is 9.47 Å². The van der Waals surface area contributed by atoms with Crippen molar-refractivity contribution in [2.45, 2.75) is 12.8 Å². The van der Waals surface area contributed by atoms with E-state index >= 15 is 0 Å². The molecule has 4 rings (SSSR count). The molecule has 0 aromatic heterocycles. The summed E-state index contributed by atoms with van der Waals surface area (Å²) >= 11 is 0. The average Bonchev–Trinajstić information content (AvgIpc) is 3.01. The summed E-state index contributed by atoms with van der Waals surface area (Å²) in [6.45, 7) is 0. The quantitative estimate of drug-likeness (QED) is 0.162. The van der Waals surface area contributed by atoms with Gasteiger partial charge in [0.05, 0.1) is 25.6 Å². The summed E-state index contributed by atoms with van der Waals surface area (Å²) in [5.41, 5.74) is 6.21. The molecule has 0 amide bonds. The first-order chi connectivity index (χ1) is 20.5. The number of benzene rings is 4. The van der Waals surface area contributed by atoms with Crippen molar-refractivity contribution < 1.29 is 28.7 Å². The van der Waals surface area contributed by atoms with Crippen LogP contribution in [0.4, 0.5) is 22.7 Å². The minimum Gasteiger partial charge on any atom is -0.494 e. The molecule has 0 radical (unpaired) electrons. The Bertz CT molecular complexity index is 1580. The van der Waals surface area contributed by atoms with Gasteiger partial charge < -0.3 is 9.47 Å². The Morgan fingerprint density at radius 2 is 0.810 bits per heavy atom. The van der Waals surface area contributed by atoms with Crippen LogP contribution in [-0.4, -0.2) is 38.5 Å². The molecule has 10 nitrogen and oxygen atoms in total. The van der Waals surface area contributed by atoms with Crippen LogP contribution >= 0.6 is 0 Å². The summed E-state index contributed by atoms with van der Waals surface area (Å²) in [5.74, 6) is 1.000. The molecule has 0 spiro atoms. The zero-order valence-electron chi connectivity index (χ0n) is 22.7. The highest BCUT2D eigenvalue weighted by Gasteiger charge is 2.08. The van der Waals surface area contributed by atoms with Gasteiger partial charge in [-0.2, -0.15) is 20.0 Å². The number of ether oxygens (including phenoxy) is 2. The fraction of sp³-hybridized carbons (Fsp3) is 0.125. The lowest BCUT2D eigenvalue weighted by atomic mass is 10.0. The fourth-order valence-electron chi connectivity index (χ4n) is 3.90. The third-order valence-corrected chi connectivity index (χ3v) is 5.86. The van der Waals surface area contributed by atoms with Gasteiger partial charge in [0.25, 0.3) is 0 Å². The molecule has 208 valence electrons. The van der Waals surface area contributed by atoms with E-state index in [-0.39, 0.29) is 0 Å². The monoisotopic (exact) mass is 560 g/mol. The topological polar surface area (TPSA) is 136 Å². The lowest BCUT2D eigenvalue weighted by Crippen LogP contribution is -1.92. The van der Waals surface area contributed by atoms with Crippen molar-refractivity contribution in [2.75, 3.05) is 14.2 Å². The summed E-state index contributed by atoms with van der Waals surface area (Å²) in [6, 6.07) is 25.4. The van der Waals surface area contributed by atoms with Crippen molar-refractivity contribution in [1.82, 2.24) is 0 Å². The molecule has 0 heterocycles. The Kier molecular flexibility index (Phi) is 11.8. The number of carbonyl (C=O) groups excluding carboxylic acids is 4. The lowest BCUT2D eigenvalue weighted by molar-refractivity contribution is 0.415. The second-order valence-electron chi connectivity index (χ2n) is 8.51. The molecule has 0 saturated heterocycles. The van der Waals surface area contributed by atoms with Gasteiger partial charge in [-0.15, -0.1) is 0 Å². The van der Waals surface area contributed by atoms with E-state index in [1.165, 1.54) is 38.5 Å². The second kappa shape index (κ2) is 16.2. The number of rotatable bonds is 10. The smallest absolute Gasteiger partial charge is 0.240 e. The molecule has 10 heteroatoms. The Hall–Kier alpha value is -6.00. The Morgan fingerprint density at radius 3 is 1.14 bits per heavy atom. The first-order valence-electron chi connectivity index (χ1n) is 12.4. The van der Waals surface area contributed by atoms with Gasteiger partial charge in [0, 0.05) is 0 Å². The first kappa shape index (κ1) is 30.5. The number of hydrogen-bond acceptors (Lipinski definition) is 10. The van der Waals surface area contributed by atoms with E-state index in [1.54, 1.807) is 48.5 Å². The molecule has 0 aliphatic carbocycles. The van der Waals surface area contributed by atoms with Gasteiger partial charge in [-0.1, -0.05) is 36.4 Å². The molecule has 42 heavy (non-hydrogen) atoms. The largest absolute Gasteiger partial charge is 0.494 e. The second-order valence-corrected chi connectivity index (χ2v) is 8.51. The molecule has 0 unspecified atom stereocenters. The summed E-state index contributed by atoms with van der Waals surface area (Å²) in [4.78, 5) is 55.2. The molecule has 4 aromatic rings. The van der Waals surface area contributed by atoms with E-state index in [0.29, 0.717) is 40.7 Å². The van der Waals surface area contributed by atoms with E-state index in [1.807, 2.05) is 36.4 Å². The van der Waals surface area contributed by atoms with Crippen molar-refractivity contribution in [3.63, 3.8) is 0 Å². The third kappa shape index (κ3) is 9.04. The molecule has 0 N–H and O–H groups in total. The van der Waals surface area contributed by atoms with Gasteiger partial charge in [-0.05, 0) is 83.6 Å². The maximum atomic E-state index is 10.4. The van der Waals surface area contributed by atoms with Crippen LogP contribution in [0.15, 0.2) is 105 Å². The predicted molar refractivity (Wildman–Crippen MR) is 156 cm³/mol. The van der Waals surface area contributed by atoms with Gasteiger partial charge in [-0.3, -0.25) is 0 Å². The van der Waals surface area contributed by atoms with E-state index in [0.717, 1.165) is 28.7 Å². The minimum absolute atomic E-state index is 0.430. The Balaban J connectivity index is 0.000000235. The number of aliphatic imine (C=N–C) groups is 4. The van der Waals surface area contributed by atoms with Crippen molar-refractivity contribution in [3.8, 4) is 11.5 Å². The molecule has 0 bridgehead atoms. The van der Waals surface area contributed by atoms with Crippen LogP contribution in [0, 0.1) is 0 Å². The van der Waals surface area contributed by atoms with Crippen LogP contribution in [0.5, 0.6) is 11.5 Å². The van der Waals surface area contributed by atoms with Crippen LogP contribution < -0.4 is 9.47 Å². The third-order valence-electron chi connectivity index (χ3n) is 5.86. The molecule has 0 aliphatic heterocycles. The SMILES string of the molecule is COc1cc(Cc2ccc(N=C=O)c(OC)c2)ccc1N=C=O.O=C=Nc1ccc(Cc2ccc(N=C=O)cc2)cc1. The number of hydrogen-bond donors (Lipinski definition) is 0. The zero-order chi connectivity index (χ0) is 30.2. The molecule has 0 atom stereocenters. The van der Waals surface area contributed by atoms with E-state index in [9.17, 15) is 19.2 Å². The molecule has 4 aromatic carbocycles. The summed E-state index contributed by atoms with van der Waals surface area (Å²) < 4.78 is 10.4. The number of methoxy groups -OCH3 is 2. The van der Waals surface area contributed by atoms with Gasteiger partial charge in [0.15, 0.2) is 0 Å². The highest BCUT2D eigenvalue weighted by molar-refractivity contribution is 5.61. The highest BCUT2D eigenvalue weighted by atomic mass is 16.5. The number of isocyanates is 4. The van der Waals surface area contributed by atoms with Gasteiger partial charge in [0.2, 0.25) is 24.3 Å². The lowest BCUT2D eigenvalue weighted by Gasteiger charge is -2.09. The summed E-state index contributed by atoms with van der Waals surface area (Å²) in [5, 5.41) is 0. The van der Waals surface area contributed by atoms with Gasteiger partial charge >= 0.3 is 0 Å². The number of nitrogens with zero attached hydrogens (tertiary/aromatic N) is 4. The van der Waals surface area contributed by atoms with Crippen LogP contribution in [0.25, 0.3) is 0 Å². The molecular formula is C32H24N4O6. The summed E-state index contributed by atoms with van der Waals surface area (Å²) in [6.07, 6.45) is 7.38. The van der Waals surface area contributed by atoms with Crippen LogP contribution in [0.2, 0.25) is 0 Å². The van der Waals surface area contributed by atoms with Gasteiger partial charge in [0.1, 0.15) is 22.9 Å². The van der Waals surface area contributed by atoms with Crippen molar-refractivity contribution in [3.05, 3.63) is 107 Å². The van der Waals surface area contributed by atoms with Crippen LogP contribution in [0.3, 0.4) is 0 Å². The van der Waals surface area contributed by atoms with Crippen molar-refractivity contribution in [1.29, 1.82) is 0 Å². The minimum atomic E-state index is 0.430. The van der Waals surface area contributed by atoms with Crippen molar-refractivity contribution in [2.24, 2.45) is 20.0 Å². The maximum absolute atomic E-state index is 10.4. The Morgan fingerprint density at radius 1 is 0.476 bits per heavy atom. The normalized spacial score (nSPS) is 9.38. The molecule has 0 aliphatic rings. The average molecular weight is 561 g/mol. The van der Waals surface area contributed by atoms with E-state index in [2.05, 4.69) is 20.0 Å². The first-order valence-corrected chi connectivity index (χ1v) is 12.4. The predicted octanol–water partition coefficient (Wildman–Crippen LogP) is 6.44. The highest BCUT2D eigenvalue weighted by Crippen LogP contribution is 2.31. The van der Waals surface area contributed by atoms with Crippen LogP contribution in [-0.2, 0) is 32.0 Å². The van der Waals surface area contributed by atoms with Crippen molar-refractivity contribution >= 4 is 47.1 Å². The van der Waals surface area contributed by atoms with Crippen LogP contribution in [0.1, 0.15) is 22.3 Å². The summed E-state index contributed by atoms with van der Waals surface area (Å²) in [7, 11) is 3.02. The standard InChI is InChI=1S/C17H14N2O4.C15H10N2O2/c1-22-16-8-12(3-5-14(16)18-10-20)7-13-4-6-15(19-11-21)17(9-13)23-2;18-10-16-14-5-1-12(2-6-14)9-13-3-7-15(8-4-13)17-11-19/h3-6,8-9H,7H2,1-2H3;1-8H,9H2.